The van der Waals surface area contributed by atoms with Crippen molar-refractivity contribution in [3.63, 3.8) is 0 Å². The third kappa shape index (κ3) is 8.40. The summed E-state index contributed by atoms with van der Waals surface area (Å²) in [5.41, 5.74) is 1.68. The van der Waals surface area contributed by atoms with Gasteiger partial charge in [-0.15, -0.1) is 0 Å². The second kappa shape index (κ2) is 15.4. The van der Waals surface area contributed by atoms with Gasteiger partial charge in [-0.25, -0.2) is 4.79 Å². The molecule has 8 nitrogen and oxygen atoms in total. The lowest BCUT2D eigenvalue weighted by Crippen LogP contribution is -2.51. The number of ether oxygens (including phenoxy) is 2. The van der Waals surface area contributed by atoms with Crippen LogP contribution in [0, 0.1) is 11.8 Å². The number of fused-ring (bicyclic) bond motifs is 1. The van der Waals surface area contributed by atoms with E-state index in [1.165, 1.54) is 5.56 Å². The summed E-state index contributed by atoms with van der Waals surface area (Å²) in [6.45, 7) is 13.5. The van der Waals surface area contributed by atoms with Crippen LogP contribution < -0.4 is 0 Å². The zero-order chi connectivity index (χ0) is 33.6. The molecule has 3 aromatic carbocycles. The molecule has 252 valence electrons. The van der Waals surface area contributed by atoms with Crippen molar-refractivity contribution in [2.45, 2.75) is 77.6 Å². The Balaban J connectivity index is 1.44. The highest BCUT2D eigenvalue weighted by Crippen LogP contribution is 2.38. The standard InChI is InChI=1S/C39H51N3O5/c1-6-46-37(44)31-19-22-40(23-20-31)36(21-24-43)41-25-32(35(27-41)30-13-8-7-9-14-30)26-42(38(45)47-39(3,4)5)28(2)33-18-12-16-29-15-10-11-17-34(29)33/h7-18,24,28,31-32,35-36H,6,19-23,25-27H2,1-5H3/t28-,32-,35-,36?/m1/s1. The molecule has 2 aliphatic heterocycles. The van der Waals surface area contributed by atoms with Gasteiger partial charge in [-0.3, -0.25) is 14.6 Å². The maximum absolute atomic E-state index is 14.0. The summed E-state index contributed by atoms with van der Waals surface area (Å²) in [7, 11) is 0. The summed E-state index contributed by atoms with van der Waals surface area (Å²) in [5, 5.41) is 2.26. The monoisotopic (exact) mass is 641 g/mol. The van der Waals surface area contributed by atoms with Gasteiger partial charge in [0, 0.05) is 45.1 Å². The molecule has 2 saturated heterocycles. The highest BCUT2D eigenvalue weighted by atomic mass is 16.6. The van der Waals surface area contributed by atoms with Crippen molar-refractivity contribution in [3.8, 4) is 0 Å². The number of benzene rings is 3. The summed E-state index contributed by atoms with van der Waals surface area (Å²) in [4.78, 5) is 45.2. The molecule has 47 heavy (non-hydrogen) atoms. The number of hydrogen-bond acceptors (Lipinski definition) is 7. The fourth-order valence-electron chi connectivity index (χ4n) is 7.47. The van der Waals surface area contributed by atoms with Crippen molar-refractivity contribution < 1.29 is 23.9 Å². The zero-order valence-corrected chi connectivity index (χ0v) is 28.6. The van der Waals surface area contributed by atoms with Crippen LogP contribution in [-0.4, -0.2) is 84.1 Å². The number of amides is 1. The van der Waals surface area contributed by atoms with Crippen molar-refractivity contribution in [1.82, 2.24) is 14.7 Å². The Bertz CT molecular complexity index is 1490. The maximum atomic E-state index is 14.0. The molecule has 0 spiro atoms. The van der Waals surface area contributed by atoms with Crippen LogP contribution in [0.15, 0.2) is 72.8 Å². The van der Waals surface area contributed by atoms with Crippen molar-refractivity contribution in [1.29, 1.82) is 0 Å². The van der Waals surface area contributed by atoms with Crippen LogP contribution >= 0.6 is 0 Å². The van der Waals surface area contributed by atoms with E-state index in [-0.39, 0.29) is 42.0 Å². The molecule has 8 heteroatoms. The Hall–Kier alpha value is -3.75. The van der Waals surface area contributed by atoms with Gasteiger partial charge in [0.2, 0.25) is 0 Å². The van der Waals surface area contributed by atoms with E-state index in [0.717, 1.165) is 61.6 Å². The third-order valence-electron chi connectivity index (χ3n) is 9.80. The van der Waals surface area contributed by atoms with Crippen molar-refractivity contribution >= 4 is 29.1 Å². The van der Waals surface area contributed by atoms with Crippen molar-refractivity contribution in [2.75, 3.05) is 39.3 Å². The highest BCUT2D eigenvalue weighted by molar-refractivity contribution is 5.86. The summed E-state index contributed by atoms with van der Waals surface area (Å²) in [6, 6.07) is 24.9. The fourth-order valence-corrected chi connectivity index (χ4v) is 7.47. The Morgan fingerprint density at radius 1 is 0.936 bits per heavy atom. The number of carbonyl (C=O) groups is 3. The van der Waals surface area contributed by atoms with Gasteiger partial charge in [0.1, 0.15) is 11.9 Å². The molecule has 2 fully saturated rings. The molecule has 1 amide bonds. The molecule has 0 radical (unpaired) electrons. The molecule has 0 saturated carbocycles. The Morgan fingerprint density at radius 3 is 2.30 bits per heavy atom. The predicted octanol–water partition coefficient (Wildman–Crippen LogP) is 7.04. The Morgan fingerprint density at radius 2 is 1.62 bits per heavy atom. The number of piperidine rings is 1. The lowest BCUT2D eigenvalue weighted by Gasteiger charge is -2.41. The lowest BCUT2D eigenvalue weighted by molar-refractivity contribution is -0.150. The van der Waals surface area contributed by atoms with Crippen LogP contribution in [0.1, 0.15) is 77.0 Å². The maximum Gasteiger partial charge on any atom is 0.410 e. The Kier molecular flexibility index (Phi) is 11.4. The molecular formula is C39H51N3O5. The van der Waals surface area contributed by atoms with E-state index in [4.69, 9.17) is 9.47 Å². The second-order valence-corrected chi connectivity index (χ2v) is 14.1. The van der Waals surface area contributed by atoms with Crippen molar-refractivity contribution in [2.24, 2.45) is 11.8 Å². The first-order valence-electron chi connectivity index (χ1n) is 17.2. The molecule has 0 N–H and O–H groups in total. The van der Waals surface area contributed by atoms with Gasteiger partial charge in [-0.1, -0.05) is 72.8 Å². The number of aldehydes is 1. The first kappa shape index (κ1) is 34.6. The lowest BCUT2D eigenvalue weighted by atomic mass is 9.88. The third-order valence-corrected chi connectivity index (χ3v) is 9.80. The number of rotatable bonds is 11. The van der Waals surface area contributed by atoms with E-state index in [1.54, 1.807) is 0 Å². The highest BCUT2D eigenvalue weighted by Gasteiger charge is 2.42. The van der Waals surface area contributed by atoms with Gasteiger partial charge in [0.15, 0.2) is 0 Å². The van der Waals surface area contributed by atoms with E-state index < -0.39 is 5.60 Å². The number of carbonyl (C=O) groups excluding carboxylic acids is 3. The van der Waals surface area contributed by atoms with E-state index in [1.807, 2.05) is 50.8 Å². The SMILES string of the molecule is CCOC(=O)C1CCN(C(CC=O)N2C[C@H](CN(C(=O)OC(C)(C)C)[C@H](C)c3cccc4ccccc34)[C@@H](c3ccccc3)C2)CC1. The molecule has 0 aromatic heterocycles. The van der Waals surface area contributed by atoms with Crippen LogP contribution in [0.4, 0.5) is 4.79 Å². The average molecular weight is 642 g/mol. The van der Waals surface area contributed by atoms with Gasteiger partial charge in [-0.05, 0) is 75.3 Å². The van der Waals surface area contributed by atoms with Gasteiger partial charge in [-0.2, -0.15) is 0 Å². The smallest absolute Gasteiger partial charge is 0.410 e. The fraction of sp³-hybridized carbons (Fsp3) is 0.513. The minimum atomic E-state index is -0.640. The minimum absolute atomic E-state index is 0.0719. The molecule has 1 unspecified atom stereocenters. The van der Waals surface area contributed by atoms with Crippen LogP contribution in [0.5, 0.6) is 0 Å². The predicted molar refractivity (Wildman–Crippen MR) is 185 cm³/mol. The van der Waals surface area contributed by atoms with E-state index in [0.29, 0.717) is 19.6 Å². The van der Waals surface area contributed by atoms with E-state index in [9.17, 15) is 14.4 Å². The summed E-state index contributed by atoms with van der Waals surface area (Å²) >= 11 is 0. The molecule has 2 aliphatic rings. The second-order valence-electron chi connectivity index (χ2n) is 14.1. The van der Waals surface area contributed by atoms with Crippen LogP contribution in [0.2, 0.25) is 0 Å². The van der Waals surface area contributed by atoms with Crippen molar-refractivity contribution in [3.05, 3.63) is 83.9 Å². The first-order valence-corrected chi connectivity index (χ1v) is 17.2. The summed E-state index contributed by atoms with van der Waals surface area (Å²) in [6.07, 6.45) is 2.46. The summed E-state index contributed by atoms with van der Waals surface area (Å²) in [5.74, 6) is 0.0528. The Labute approximate surface area is 280 Å². The molecule has 5 rings (SSSR count). The molecule has 3 aromatic rings. The quantitative estimate of drug-likeness (QED) is 0.164. The normalized spacial score (nSPS) is 20.9. The number of nitrogens with zero attached hydrogens (tertiary/aromatic N) is 3. The molecule has 2 heterocycles. The molecular weight excluding hydrogens is 590 g/mol. The number of likely N-dealkylation sites (tertiary alicyclic amines) is 2. The number of esters is 1. The minimum Gasteiger partial charge on any atom is -0.466 e. The average Bonchev–Trinajstić information content (AvgIpc) is 3.49. The zero-order valence-electron chi connectivity index (χ0n) is 28.6. The molecule has 0 aliphatic carbocycles. The van der Waals surface area contributed by atoms with Crippen LogP contribution in [0.25, 0.3) is 10.8 Å². The topological polar surface area (TPSA) is 79.4 Å². The first-order chi connectivity index (χ1) is 22.6. The van der Waals surface area contributed by atoms with Gasteiger partial charge >= 0.3 is 12.1 Å². The van der Waals surface area contributed by atoms with E-state index in [2.05, 4.69) is 71.3 Å². The largest absolute Gasteiger partial charge is 0.466 e. The van der Waals surface area contributed by atoms with E-state index >= 15 is 0 Å². The van der Waals surface area contributed by atoms with Gasteiger partial charge in [0.05, 0.1) is 24.7 Å². The molecule has 0 bridgehead atoms. The molecule has 4 atom stereocenters. The summed E-state index contributed by atoms with van der Waals surface area (Å²) < 4.78 is 11.3. The van der Waals surface area contributed by atoms with Crippen LogP contribution in [-0.2, 0) is 19.1 Å². The van der Waals surface area contributed by atoms with Crippen LogP contribution in [0.3, 0.4) is 0 Å². The number of hydrogen-bond donors (Lipinski definition) is 0. The van der Waals surface area contributed by atoms with Gasteiger partial charge < -0.3 is 19.2 Å². The van der Waals surface area contributed by atoms with Gasteiger partial charge in [0.25, 0.3) is 0 Å².